The number of hydrogen-bond donors (Lipinski definition) is 1. The van der Waals surface area contributed by atoms with Gasteiger partial charge in [-0.2, -0.15) is 0 Å². The van der Waals surface area contributed by atoms with Gasteiger partial charge in [-0.3, -0.25) is 4.79 Å². The van der Waals surface area contributed by atoms with Crippen LogP contribution in [-0.2, 0) is 4.74 Å². The molecule has 2 rings (SSSR count). The molecule has 1 aromatic rings. The second kappa shape index (κ2) is 4.06. The Hall–Kier alpha value is -0.940. The van der Waals surface area contributed by atoms with E-state index < -0.39 is 0 Å². The van der Waals surface area contributed by atoms with Gasteiger partial charge in [0.1, 0.15) is 4.88 Å². The molecule has 0 aromatic carbocycles. The highest BCUT2D eigenvalue weighted by molar-refractivity contribution is 7.13. The summed E-state index contributed by atoms with van der Waals surface area (Å²) in [6.45, 7) is 1.58. The maximum atomic E-state index is 10.9. The van der Waals surface area contributed by atoms with Crippen LogP contribution in [0.3, 0.4) is 0 Å². The third kappa shape index (κ3) is 1.93. The molecule has 1 aliphatic rings. The van der Waals surface area contributed by atoms with Crippen molar-refractivity contribution in [2.24, 2.45) is 5.73 Å². The van der Waals surface area contributed by atoms with E-state index in [9.17, 15) is 4.79 Å². The number of ether oxygens (including phenoxy) is 1. The van der Waals surface area contributed by atoms with Gasteiger partial charge < -0.3 is 10.5 Å². The van der Waals surface area contributed by atoms with E-state index in [0.29, 0.717) is 10.8 Å². The number of carbonyl (C=O) groups is 1. The number of amides is 1. The number of nitrogens with two attached hydrogens (primary N) is 1. The van der Waals surface area contributed by atoms with Gasteiger partial charge in [0.05, 0.1) is 11.2 Å². The number of rotatable bonds is 2. The zero-order valence-electron chi connectivity index (χ0n) is 7.73. The highest BCUT2D eigenvalue weighted by atomic mass is 32.1. The SMILES string of the molecule is NC(=O)c1cnc(C2CCOCC2)s1. The third-order valence-corrected chi connectivity index (χ3v) is 3.51. The molecule has 1 aliphatic heterocycles. The van der Waals surface area contributed by atoms with Crippen LogP contribution in [-0.4, -0.2) is 24.1 Å². The van der Waals surface area contributed by atoms with Gasteiger partial charge in [0.25, 0.3) is 5.91 Å². The predicted molar refractivity (Wildman–Crippen MR) is 53.4 cm³/mol. The average molecular weight is 212 g/mol. The fraction of sp³-hybridized carbons (Fsp3) is 0.556. The normalized spacial score (nSPS) is 18.3. The van der Waals surface area contributed by atoms with Crippen molar-refractivity contribution >= 4 is 17.2 Å². The molecule has 1 saturated heterocycles. The zero-order chi connectivity index (χ0) is 9.97. The van der Waals surface area contributed by atoms with E-state index in [-0.39, 0.29) is 5.91 Å². The van der Waals surface area contributed by atoms with Gasteiger partial charge in [-0.1, -0.05) is 0 Å². The summed E-state index contributed by atoms with van der Waals surface area (Å²) in [4.78, 5) is 15.6. The fourth-order valence-electron chi connectivity index (χ4n) is 1.53. The Labute approximate surface area is 86.1 Å². The monoisotopic (exact) mass is 212 g/mol. The van der Waals surface area contributed by atoms with Crippen molar-refractivity contribution < 1.29 is 9.53 Å². The first-order valence-electron chi connectivity index (χ1n) is 4.60. The number of primary amides is 1. The van der Waals surface area contributed by atoms with Crippen LogP contribution in [0.25, 0.3) is 0 Å². The fourth-order valence-corrected chi connectivity index (χ4v) is 2.47. The largest absolute Gasteiger partial charge is 0.381 e. The topological polar surface area (TPSA) is 65.2 Å². The highest BCUT2D eigenvalue weighted by Gasteiger charge is 2.19. The highest BCUT2D eigenvalue weighted by Crippen LogP contribution is 2.29. The molecule has 4 nitrogen and oxygen atoms in total. The van der Waals surface area contributed by atoms with Gasteiger partial charge in [0.15, 0.2) is 0 Å². The standard InChI is InChI=1S/C9H12N2O2S/c10-8(12)7-5-11-9(14-7)6-1-3-13-4-2-6/h5-6H,1-4H2,(H2,10,12). The summed E-state index contributed by atoms with van der Waals surface area (Å²) in [5, 5.41) is 1.02. The molecule has 2 heterocycles. The van der Waals surface area contributed by atoms with Crippen molar-refractivity contribution in [3.8, 4) is 0 Å². The molecule has 0 aliphatic carbocycles. The van der Waals surface area contributed by atoms with Crippen LogP contribution in [0.4, 0.5) is 0 Å². The summed E-state index contributed by atoms with van der Waals surface area (Å²) in [5.74, 6) is 0.0580. The molecule has 76 valence electrons. The van der Waals surface area contributed by atoms with Crippen molar-refractivity contribution in [2.75, 3.05) is 13.2 Å². The van der Waals surface area contributed by atoms with Crippen molar-refractivity contribution in [2.45, 2.75) is 18.8 Å². The van der Waals surface area contributed by atoms with Crippen LogP contribution in [0, 0.1) is 0 Å². The number of aromatic nitrogens is 1. The Bertz CT molecular complexity index is 331. The van der Waals surface area contributed by atoms with Crippen LogP contribution in [0.15, 0.2) is 6.20 Å². The van der Waals surface area contributed by atoms with Crippen LogP contribution in [0.5, 0.6) is 0 Å². The van der Waals surface area contributed by atoms with E-state index in [1.807, 2.05) is 0 Å². The van der Waals surface area contributed by atoms with Gasteiger partial charge in [0.2, 0.25) is 0 Å². The maximum Gasteiger partial charge on any atom is 0.260 e. The molecule has 0 spiro atoms. The van der Waals surface area contributed by atoms with Crippen molar-refractivity contribution in [1.29, 1.82) is 0 Å². The van der Waals surface area contributed by atoms with E-state index in [4.69, 9.17) is 10.5 Å². The van der Waals surface area contributed by atoms with Crippen molar-refractivity contribution in [3.05, 3.63) is 16.1 Å². The number of thiazole rings is 1. The van der Waals surface area contributed by atoms with Crippen LogP contribution < -0.4 is 5.73 Å². The quantitative estimate of drug-likeness (QED) is 0.799. The third-order valence-electron chi connectivity index (χ3n) is 2.34. The van der Waals surface area contributed by atoms with E-state index in [1.54, 1.807) is 6.20 Å². The molecule has 14 heavy (non-hydrogen) atoms. The van der Waals surface area contributed by atoms with Gasteiger partial charge in [0, 0.05) is 19.1 Å². The number of nitrogens with zero attached hydrogens (tertiary/aromatic N) is 1. The lowest BCUT2D eigenvalue weighted by atomic mass is 10.0. The van der Waals surface area contributed by atoms with E-state index in [2.05, 4.69) is 4.98 Å². The Morgan fingerprint density at radius 2 is 2.29 bits per heavy atom. The molecule has 0 bridgehead atoms. The lowest BCUT2D eigenvalue weighted by Gasteiger charge is -2.19. The minimum absolute atomic E-state index is 0.388. The Kier molecular flexibility index (Phi) is 2.79. The van der Waals surface area contributed by atoms with Crippen LogP contribution in [0.2, 0.25) is 0 Å². The summed E-state index contributed by atoms with van der Waals surface area (Å²) < 4.78 is 5.26. The second-order valence-corrected chi connectivity index (χ2v) is 4.38. The number of carbonyl (C=O) groups excluding carboxylic acids is 1. The molecule has 0 atom stereocenters. The van der Waals surface area contributed by atoms with Crippen molar-refractivity contribution in [1.82, 2.24) is 4.98 Å². The Morgan fingerprint density at radius 1 is 1.57 bits per heavy atom. The molecule has 2 N–H and O–H groups in total. The summed E-state index contributed by atoms with van der Waals surface area (Å²) in [5.41, 5.74) is 5.16. The summed E-state index contributed by atoms with van der Waals surface area (Å²) in [6, 6.07) is 0. The van der Waals surface area contributed by atoms with Gasteiger partial charge in [-0.25, -0.2) is 4.98 Å². The Morgan fingerprint density at radius 3 is 2.86 bits per heavy atom. The molecule has 1 aromatic heterocycles. The lowest BCUT2D eigenvalue weighted by molar-refractivity contribution is 0.0853. The molecule has 0 radical (unpaired) electrons. The Balaban J connectivity index is 2.11. The molecule has 1 fully saturated rings. The zero-order valence-corrected chi connectivity index (χ0v) is 8.55. The van der Waals surface area contributed by atoms with Gasteiger partial charge in [-0.05, 0) is 12.8 Å². The first-order chi connectivity index (χ1) is 6.77. The minimum atomic E-state index is -0.388. The van der Waals surface area contributed by atoms with Crippen LogP contribution >= 0.6 is 11.3 Å². The first kappa shape index (κ1) is 9.61. The summed E-state index contributed by atoms with van der Waals surface area (Å²) >= 11 is 1.41. The average Bonchev–Trinajstić information content (AvgIpc) is 2.68. The van der Waals surface area contributed by atoms with E-state index in [1.165, 1.54) is 11.3 Å². The molecular weight excluding hydrogens is 200 g/mol. The minimum Gasteiger partial charge on any atom is -0.381 e. The van der Waals surface area contributed by atoms with E-state index >= 15 is 0 Å². The second-order valence-electron chi connectivity index (χ2n) is 3.31. The summed E-state index contributed by atoms with van der Waals surface area (Å²) in [6.07, 6.45) is 3.55. The molecule has 0 saturated carbocycles. The first-order valence-corrected chi connectivity index (χ1v) is 5.42. The van der Waals surface area contributed by atoms with Crippen LogP contribution in [0.1, 0.15) is 33.4 Å². The smallest absolute Gasteiger partial charge is 0.260 e. The summed E-state index contributed by atoms with van der Waals surface area (Å²) in [7, 11) is 0. The number of hydrogen-bond acceptors (Lipinski definition) is 4. The maximum absolute atomic E-state index is 10.9. The van der Waals surface area contributed by atoms with Gasteiger partial charge >= 0.3 is 0 Å². The molecule has 1 amide bonds. The predicted octanol–water partition coefficient (Wildman–Crippen LogP) is 1.14. The van der Waals surface area contributed by atoms with Crippen molar-refractivity contribution in [3.63, 3.8) is 0 Å². The van der Waals surface area contributed by atoms with E-state index in [0.717, 1.165) is 31.1 Å². The lowest BCUT2D eigenvalue weighted by Crippen LogP contribution is -2.13. The molecule has 0 unspecified atom stereocenters. The van der Waals surface area contributed by atoms with Gasteiger partial charge in [-0.15, -0.1) is 11.3 Å². The molecular formula is C9H12N2O2S. The molecule has 5 heteroatoms.